The van der Waals surface area contributed by atoms with Crippen LogP contribution in [0.2, 0.25) is 0 Å². The molecule has 162 valence electrons. The Bertz CT molecular complexity index is 1060. The minimum absolute atomic E-state index is 0.351. The molecule has 0 atom stereocenters. The van der Waals surface area contributed by atoms with Crippen molar-refractivity contribution in [3.05, 3.63) is 77.5 Å². The molecular weight excluding hydrogens is 394 g/mol. The Morgan fingerprint density at radius 1 is 1.16 bits per heavy atom. The van der Waals surface area contributed by atoms with Gasteiger partial charge in [0.05, 0.1) is 12.8 Å². The van der Waals surface area contributed by atoms with Crippen molar-refractivity contribution in [2.75, 3.05) is 30.9 Å². The van der Waals surface area contributed by atoms with Crippen molar-refractivity contribution in [3.63, 3.8) is 0 Å². The number of rotatable bonds is 8. The molecule has 3 aromatic rings. The number of carbonyl (C=O) groups is 2. The maximum Gasteiger partial charge on any atom is 0.331 e. The average molecular weight is 421 g/mol. The second kappa shape index (κ2) is 9.84. The Kier molecular flexibility index (Phi) is 6.97. The Hall–Kier alpha value is -3.74. The maximum atomic E-state index is 12.0. The maximum absolute atomic E-state index is 12.0. The molecule has 2 heterocycles. The van der Waals surface area contributed by atoms with E-state index in [9.17, 15) is 9.59 Å². The highest BCUT2D eigenvalue weighted by atomic mass is 16.5. The predicted octanol–water partition coefficient (Wildman–Crippen LogP) is 4.01. The lowest BCUT2D eigenvalue weighted by molar-refractivity contribution is -0.142. The molecule has 1 N–H and O–H groups in total. The molecule has 1 aromatic carbocycles. The van der Waals surface area contributed by atoms with E-state index in [0.29, 0.717) is 12.2 Å². The number of aromatic nitrogens is 1. The van der Waals surface area contributed by atoms with Crippen molar-refractivity contribution in [1.82, 2.24) is 4.57 Å². The zero-order chi connectivity index (χ0) is 22.4. The molecule has 0 saturated heterocycles. The van der Waals surface area contributed by atoms with Gasteiger partial charge in [-0.2, -0.15) is 0 Å². The zero-order valence-electron chi connectivity index (χ0n) is 18.2. The minimum Gasteiger partial charge on any atom is -0.467 e. The second-order valence-electron chi connectivity index (χ2n) is 7.42. The third kappa shape index (κ3) is 5.88. The van der Waals surface area contributed by atoms with Crippen LogP contribution in [0, 0.1) is 13.8 Å². The summed E-state index contributed by atoms with van der Waals surface area (Å²) < 4.78 is 12.6. The van der Waals surface area contributed by atoms with Gasteiger partial charge in [-0.1, -0.05) is 0 Å². The van der Waals surface area contributed by atoms with Crippen LogP contribution in [0.15, 0.2) is 59.2 Å². The molecule has 7 heteroatoms. The van der Waals surface area contributed by atoms with Crippen LogP contribution in [0.1, 0.15) is 22.7 Å². The van der Waals surface area contributed by atoms with Crippen molar-refractivity contribution >= 4 is 29.3 Å². The van der Waals surface area contributed by atoms with Crippen molar-refractivity contribution in [3.8, 4) is 0 Å². The van der Waals surface area contributed by atoms with Gasteiger partial charge in [0, 0.05) is 42.9 Å². The number of carbonyl (C=O) groups excluding carboxylic acids is 2. The number of furan rings is 1. The molecule has 0 aliphatic rings. The fourth-order valence-electron chi connectivity index (χ4n) is 3.18. The Labute approximate surface area is 181 Å². The normalized spacial score (nSPS) is 11.0. The lowest BCUT2D eigenvalue weighted by atomic mass is 10.2. The van der Waals surface area contributed by atoms with Gasteiger partial charge in [0.25, 0.3) is 5.91 Å². The topological polar surface area (TPSA) is 76.7 Å². The number of anilines is 2. The van der Waals surface area contributed by atoms with Gasteiger partial charge in [0.1, 0.15) is 5.76 Å². The molecule has 1 amide bonds. The second-order valence-corrected chi connectivity index (χ2v) is 7.42. The first-order valence-electron chi connectivity index (χ1n) is 9.94. The van der Waals surface area contributed by atoms with Crippen molar-refractivity contribution < 1.29 is 18.7 Å². The first-order chi connectivity index (χ1) is 14.8. The van der Waals surface area contributed by atoms with E-state index in [1.54, 1.807) is 24.5 Å². The first kappa shape index (κ1) is 22.0. The average Bonchev–Trinajstić information content (AvgIpc) is 3.35. The number of aryl methyl sites for hydroxylation is 1. The number of nitrogens with one attached hydrogen (secondary N) is 1. The lowest BCUT2D eigenvalue weighted by Crippen LogP contribution is -2.20. The monoisotopic (exact) mass is 421 g/mol. The molecule has 0 spiro atoms. The Balaban J connectivity index is 1.51. The molecule has 31 heavy (non-hydrogen) atoms. The van der Waals surface area contributed by atoms with Gasteiger partial charge in [-0.25, -0.2) is 4.79 Å². The first-order valence-corrected chi connectivity index (χ1v) is 9.94. The van der Waals surface area contributed by atoms with E-state index < -0.39 is 11.9 Å². The number of hydrogen-bond acceptors (Lipinski definition) is 5. The molecule has 2 aromatic heterocycles. The molecule has 0 radical (unpaired) electrons. The number of benzene rings is 1. The number of hydrogen-bond donors (Lipinski definition) is 1. The summed E-state index contributed by atoms with van der Waals surface area (Å²) in [6, 6.07) is 13.2. The van der Waals surface area contributed by atoms with E-state index in [-0.39, 0.29) is 6.61 Å². The van der Waals surface area contributed by atoms with Gasteiger partial charge in [-0.3, -0.25) is 4.79 Å². The summed E-state index contributed by atoms with van der Waals surface area (Å²) in [7, 11) is 3.88. The van der Waals surface area contributed by atoms with Crippen molar-refractivity contribution in [2.45, 2.75) is 20.4 Å². The van der Waals surface area contributed by atoms with Gasteiger partial charge in [-0.05, 0) is 68.0 Å². The number of esters is 1. The van der Waals surface area contributed by atoms with E-state index >= 15 is 0 Å². The molecule has 3 rings (SSSR count). The molecule has 0 bridgehead atoms. The quantitative estimate of drug-likeness (QED) is 0.439. The van der Waals surface area contributed by atoms with Gasteiger partial charge in [0.15, 0.2) is 6.61 Å². The third-order valence-electron chi connectivity index (χ3n) is 4.92. The highest BCUT2D eigenvalue weighted by molar-refractivity contribution is 5.94. The van der Waals surface area contributed by atoms with Gasteiger partial charge < -0.3 is 23.9 Å². The van der Waals surface area contributed by atoms with Gasteiger partial charge >= 0.3 is 5.97 Å². The fraction of sp³-hybridized carbons (Fsp3) is 0.250. The summed E-state index contributed by atoms with van der Waals surface area (Å²) >= 11 is 0. The summed E-state index contributed by atoms with van der Waals surface area (Å²) in [5, 5.41) is 2.71. The van der Waals surface area contributed by atoms with Gasteiger partial charge in [0.2, 0.25) is 0 Å². The van der Waals surface area contributed by atoms with Crippen LogP contribution in [0.4, 0.5) is 11.4 Å². The third-order valence-corrected chi connectivity index (χ3v) is 4.92. The molecule has 0 saturated carbocycles. The summed E-state index contributed by atoms with van der Waals surface area (Å²) in [6.07, 6.45) is 4.68. The van der Waals surface area contributed by atoms with Crippen LogP contribution in [0.5, 0.6) is 0 Å². The van der Waals surface area contributed by atoms with E-state index in [0.717, 1.165) is 28.4 Å². The largest absolute Gasteiger partial charge is 0.467 e. The highest BCUT2D eigenvalue weighted by Gasteiger charge is 2.10. The van der Waals surface area contributed by atoms with Crippen molar-refractivity contribution in [2.24, 2.45) is 0 Å². The molecule has 0 aliphatic carbocycles. The molecule has 0 unspecified atom stereocenters. The van der Waals surface area contributed by atoms with Crippen LogP contribution >= 0.6 is 0 Å². The summed E-state index contributed by atoms with van der Waals surface area (Å²) in [6.45, 7) is 4.26. The van der Waals surface area contributed by atoms with E-state index in [1.165, 1.54) is 6.08 Å². The van der Waals surface area contributed by atoms with E-state index in [4.69, 9.17) is 9.15 Å². The molecule has 7 nitrogen and oxygen atoms in total. The number of amides is 1. The zero-order valence-corrected chi connectivity index (χ0v) is 18.2. The SMILES string of the molecule is Cc1cc(/C=C/C(=O)OCC(=O)Nc2ccc(N(C)C)cc2)c(C)n1Cc1ccco1. The van der Waals surface area contributed by atoms with Crippen LogP contribution < -0.4 is 10.2 Å². The molecule has 0 aliphatic heterocycles. The number of nitrogens with zero attached hydrogens (tertiary/aromatic N) is 2. The van der Waals surface area contributed by atoms with Gasteiger partial charge in [-0.15, -0.1) is 0 Å². The molecule has 0 fully saturated rings. The summed E-state index contributed by atoms with van der Waals surface area (Å²) in [5.41, 5.74) is 4.65. The summed E-state index contributed by atoms with van der Waals surface area (Å²) in [5.74, 6) is -0.107. The van der Waals surface area contributed by atoms with Crippen LogP contribution in [-0.4, -0.2) is 37.1 Å². The summed E-state index contributed by atoms with van der Waals surface area (Å²) in [4.78, 5) is 26.0. The fourth-order valence-corrected chi connectivity index (χ4v) is 3.18. The van der Waals surface area contributed by atoms with Crippen LogP contribution in [0.25, 0.3) is 6.08 Å². The standard InChI is InChI=1S/C24H27N3O4/c1-17-14-19(18(2)27(17)15-22-6-5-13-30-22)7-12-24(29)31-16-23(28)25-20-8-10-21(11-9-20)26(3)4/h5-14H,15-16H2,1-4H3,(H,25,28)/b12-7+. The Morgan fingerprint density at radius 2 is 1.90 bits per heavy atom. The van der Waals surface area contributed by atoms with Crippen LogP contribution in [0.3, 0.4) is 0 Å². The van der Waals surface area contributed by atoms with E-state index in [1.807, 2.05) is 63.2 Å². The van der Waals surface area contributed by atoms with Crippen LogP contribution in [-0.2, 0) is 20.9 Å². The minimum atomic E-state index is -0.575. The van der Waals surface area contributed by atoms with Crippen molar-refractivity contribution in [1.29, 1.82) is 0 Å². The Morgan fingerprint density at radius 3 is 2.55 bits per heavy atom. The highest BCUT2D eigenvalue weighted by Crippen LogP contribution is 2.19. The molecular formula is C24H27N3O4. The lowest BCUT2D eigenvalue weighted by Gasteiger charge is -2.13. The smallest absolute Gasteiger partial charge is 0.331 e. The van der Waals surface area contributed by atoms with E-state index in [2.05, 4.69) is 9.88 Å². The number of ether oxygens (including phenoxy) is 1. The predicted molar refractivity (Wildman–Crippen MR) is 121 cm³/mol.